The first-order valence-corrected chi connectivity index (χ1v) is 19.8. The number of rotatable bonds is 24. The van der Waals surface area contributed by atoms with Gasteiger partial charge in [0.15, 0.2) is 12.0 Å². The highest BCUT2D eigenvalue weighted by atomic mass is 32.2. The molecule has 2 aromatic carbocycles. The normalized spacial score (nSPS) is 12.0. The predicted molar refractivity (Wildman–Crippen MR) is 217 cm³/mol. The van der Waals surface area contributed by atoms with E-state index in [4.69, 9.17) is 24.2 Å². The number of hydrogen-bond donors (Lipinski definition) is 5. The van der Waals surface area contributed by atoms with Crippen LogP contribution in [0.5, 0.6) is 5.75 Å². The molecule has 0 fully saturated rings. The van der Waals surface area contributed by atoms with E-state index in [1.54, 1.807) is 48.5 Å². The number of ether oxygens (including phenoxy) is 1. The Kier molecular flexibility index (Phi) is 21.1. The van der Waals surface area contributed by atoms with Crippen LogP contribution < -0.4 is 25.0 Å². The van der Waals surface area contributed by atoms with Gasteiger partial charge in [-0.3, -0.25) is 28.8 Å². The maximum absolute atomic E-state index is 13.5. The Hall–Kier alpha value is -5.88. The highest BCUT2D eigenvalue weighted by Gasteiger charge is 2.33. The molecule has 0 spiro atoms. The summed E-state index contributed by atoms with van der Waals surface area (Å²) in [5.74, 6) is -3.82. The minimum Gasteiger partial charge on any atom is -0.493 e. The maximum atomic E-state index is 13.5. The molecule has 5 N–H and O–H groups in total. The number of carbonyl (C=O) groups excluding carboxylic acids is 5. The van der Waals surface area contributed by atoms with Crippen molar-refractivity contribution >= 4 is 60.1 Å². The minimum atomic E-state index is -1.15. The Morgan fingerprint density at radius 3 is 2.19 bits per heavy atom. The van der Waals surface area contributed by atoms with Crippen molar-refractivity contribution in [3.63, 3.8) is 0 Å². The van der Waals surface area contributed by atoms with Crippen molar-refractivity contribution in [1.29, 1.82) is 0 Å². The number of furan rings is 1. The quantitative estimate of drug-likeness (QED) is 0.0262. The van der Waals surface area contributed by atoms with Crippen LogP contribution in [0.15, 0.2) is 59.0 Å². The number of amides is 3. The number of benzene rings is 2. The second-order valence-electron chi connectivity index (χ2n) is 12.6. The van der Waals surface area contributed by atoms with Crippen molar-refractivity contribution in [3.05, 3.63) is 71.5 Å². The van der Waals surface area contributed by atoms with Gasteiger partial charge in [0, 0.05) is 24.6 Å². The van der Waals surface area contributed by atoms with Crippen molar-refractivity contribution in [2.75, 3.05) is 37.9 Å². The van der Waals surface area contributed by atoms with Gasteiger partial charge in [-0.05, 0) is 75.3 Å². The topological polar surface area (TPSA) is 234 Å². The Morgan fingerprint density at radius 1 is 0.948 bits per heavy atom. The van der Waals surface area contributed by atoms with E-state index in [0.717, 1.165) is 30.0 Å². The van der Waals surface area contributed by atoms with Crippen LogP contribution >= 0.6 is 11.9 Å². The number of aliphatic carboxylic acids is 2. The van der Waals surface area contributed by atoms with Gasteiger partial charge in [-0.25, -0.2) is 4.79 Å². The molecule has 0 aliphatic rings. The number of carboxylic acid groups (broad SMARTS) is 2. The van der Waals surface area contributed by atoms with E-state index in [9.17, 15) is 33.6 Å². The lowest BCUT2D eigenvalue weighted by Crippen LogP contribution is -2.49. The van der Waals surface area contributed by atoms with Crippen LogP contribution in [0.4, 0.5) is 5.69 Å². The van der Waals surface area contributed by atoms with Gasteiger partial charge in [0.1, 0.15) is 17.6 Å². The zero-order valence-electron chi connectivity index (χ0n) is 33.5. The smallest absolute Gasteiger partial charge is 0.363 e. The Labute approximate surface area is 341 Å². The number of unbranched alkanes of at least 4 members (excludes halogenated alkanes) is 2. The first kappa shape index (κ1) is 48.3. The molecular formula is C40H53N5O12S. The highest BCUT2D eigenvalue weighted by molar-refractivity contribution is 7.99. The standard InChI is InChI=1S/C35H44N4O8S.C5H9NO4/c1-6-9-10-11-28(29(7-2)39(23-41)47-35(44)24-14-16-27(17-15-24)38(4)48-5)33(42)36-22-37-34(43)31-19-18-30(46-31)25-12-13-26(21-40)32(20-25)45-8-3;1-6-3(5(9)10)2-4(7)8/h12-21,23,28-29H,6-11,22H2,1-5H3,(H,36,42)(H,37,43);3,6H,2H2,1H3,(H,7,8)(H,9,10). The van der Waals surface area contributed by atoms with Crippen LogP contribution in [-0.4, -0.2) is 103 Å². The van der Waals surface area contributed by atoms with E-state index in [1.165, 1.54) is 25.1 Å². The third-order valence-electron chi connectivity index (χ3n) is 8.79. The van der Waals surface area contributed by atoms with Crippen LogP contribution in [-0.2, 0) is 24.0 Å². The van der Waals surface area contributed by atoms with Gasteiger partial charge < -0.3 is 44.5 Å². The molecule has 3 unspecified atom stereocenters. The molecular weight excluding hydrogens is 775 g/mol. The number of carbonyl (C=O) groups is 7. The van der Waals surface area contributed by atoms with Crippen LogP contribution in [0.25, 0.3) is 11.3 Å². The van der Waals surface area contributed by atoms with E-state index in [2.05, 4.69) is 16.0 Å². The molecule has 0 aliphatic carbocycles. The van der Waals surface area contributed by atoms with E-state index < -0.39 is 54.1 Å². The van der Waals surface area contributed by atoms with E-state index in [-0.39, 0.29) is 18.0 Å². The minimum absolute atomic E-state index is 0.0229. The van der Waals surface area contributed by atoms with Crippen molar-refractivity contribution in [2.24, 2.45) is 5.92 Å². The summed E-state index contributed by atoms with van der Waals surface area (Å²) in [5.41, 5.74) is 2.18. The molecule has 3 aromatic rings. The third kappa shape index (κ3) is 14.9. The predicted octanol–water partition coefficient (Wildman–Crippen LogP) is 5.01. The summed E-state index contributed by atoms with van der Waals surface area (Å²) >= 11 is 1.52. The highest BCUT2D eigenvalue weighted by Crippen LogP contribution is 2.29. The molecule has 3 rings (SSSR count). The zero-order chi connectivity index (χ0) is 43.2. The number of hydroxylamine groups is 2. The molecule has 0 bridgehead atoms. The third-order valence-corrected chi connectivity index (χ3v) is 9.55. The Morgan fingerprint density at radius 2 is 1.66 bits per heavy atom. The Balaban J connectivity index is 0.00000102. The second-order valence-corrected chi connectivity index (χ2v) is 13.5. The first-order valence-electron chi connectivity index (χ1n) is 18.6. The van der Waals surface area contributed by atoms with Gasteiger partial charge in [-0.15, -0.1) is 0 Å². The number of aldehydes is 1. The number of nitrogens with zero attached hydrogens (tertiary/aromatic N) is 2. The van der Waals surface area contributed by atoms with Crippen LogP contribution in [0.2, 0.25) is 0 Å². The van der Waals surface area contributed by atoms with Gasteiger partial charge in [0.2, 0.25) is 12.3 Å². The van der Waals surface area contributed by atoms with Gasteiger partial charge in [-0.1, -0.05) is 51.1 Å². The number of nitrogens with one attached hydrogen (secondary N) is 3. The average Bonchev–Trinajstić information content (AvgIpc) is 3.72. The van der Waals surface area contributed by atoms with E-state index in [0.29, 0.717) is 54.8 Å². The molecule has 1 heterocycles. The summed E-state index contributed by atoms with van der Waals surface area (Å²) in [6.07, 6.45) is 5.96. The zero-order valence-corrected chi connectivity index (χ0v) is 34.3. The molecule has 17 nitrogen and oxygen atoms in total. The fourth-order valence-electron chi connectivity index (χ4n) is 5.58. The Bertz CT molecular complexity index is 1820. The molecule has 18 heteroatoms. The molecule has 0 saturated heterocycles. The lowest BCUT2D eigenvalue weighted by atomic mass is 9.90. The number of anilines is 1. The van der Waals surface area contributed by atoms with Crippen LogP contribution in [0, 0.1) is 5.92 Å². The SMILES string of the molecule is CCCCCC(C(=O)NCNC(=O)c1ccc(-c2ccc(C=O)c(OCC)c2)o1)C(CC)N(C=O)OC(=O)c1ccc(N(C)SC)cc1.CNC(CC(=O)O)C(=O)O. The second kappa shape index (κ2) is 25.4. The summed E-state index contributed by atoms with van der Waals surface area (Å²) in [5, 5.41) is 25.1. The summed E-state index contributed by atoms with van der Waals surface area (Å²) in [6, 6.07) is 13.2. The van der Waals surface area contributed by atoms with Crippen LogP contribution in [0.3, 0.4) is 0 Å². The molecule has 0 radical (unpaired) electrons. The lowest BCUT2D eigenvalue weighted by Gasteiger charge is -2.31. The van der Waals surface area contributed by atoms with Crippen molar-refractivity contribution in [2.45, 2.75) is 71.4 Å². The molecule has 1 aromatic heterocycles. The monoisotopic (exact) mass is 827 g/mol. The van der Waals surface area contributed by atoms with Gasteiger partial charge in [0.25, 0.3) is 5.91 Å². The van der Waals surface area contributed by atoms with Gasteiger partial charge in [-0.2, -0.15) is 5.06 Å². The number of carboxylic acids is 2. The van der Waals surface area contributed by atoms with Gasteiger partial charge in [0.05, 0.1) is 42.8 Å². The van der Waals surface area contributed by atoms with Crippen LogP contribution in [0.1, 0.15) is 90.6 Å². The summed E-state index contributed by atoms with van der Waals surface area (Å²) in [4.78, 5) is 88.4. The summed E-state index contributed by atoms with van der Waals surface area (Å²) in [6.45, 7) is 5.84. The lowest BCUT2D eigenvalue weighted by molar-refractivity contribution is -0.171. The molecule has 0 aliphatic heterocycles. The number of hydrogen-bond acceptors (Lipinski definition) is 13. The van der Waals surface area contributed by atoms with Gasteiger partial charge >= 0.3 is 17.9 Å². The first-order chi connectivity index (χ1) is 27.8. The summed E-state index contributed by atoms with van der Waals surface area (Å²) in [7, 11) is 3.30. The summed E-state index contributed by atoms with van der Waals surface area (Å²) < 4.78 is 13.2. The van der Waals surface area contributed by atoms with Crippen molar-refractivity contribution < 1.29 is 57.8 Å². The molecule has 58 heavy (non-hydrogen) atoms. The van der Waals surface area contributed by atoms with E-state index >= 15 is 0 Å². The molecule has 0 saturated carbocycles. The van der Waals surface area contributed by atoms with E-state index in [1.807, 2.05) is 38.4 Å². The fraction of sp³-hybridized carbons (Fsp3) is 0.425. The molecule has 3 amide bonds. The fourth-order valence-corrected chi connectivity index (χ4v) is 5.91. The molecule has 316 valence electrons. The molecule has 3 atom stereocenters. The number of likely N-dealkylation sites (N-methyl/N-ethyl adjacent to an activating group) is 1. The maximum Gasteiger partial charge on any atom is 0.363 e. The average molecular weight is 828 g/mol. The largest absolute Gasteiger partial charge is 0.493 e. The van der Waals surface area contributed by atoms with Crippen molar-refractivity contribution in [3.8, 4) is 17.1 Å². The van der Waals surface area contributed by atoms with Crippen molar-refractivity contribution in [1.82, 2.24) is 21.0 Å².